The van der Waals surface area contributed by atoms with E-state index in [0.29, 0.717) is 17.5 Å². The largest absolute Gasteiger partial charge is 0.285 e. The predicted octanol–water partition coefficient (Wildman–Crippen LogP) is 3.42. The minimum Gasteiger partial charge on any atom is -0.285 e. The van der Waals surface area contributed by atoms with E-state index in [4.69, 9.17) is 0 Å². The number of hydrogen-bond donors (Lipinski definition) is 0. The third-order valence-electron chi connectivity index (χ3n) is 2.49. The first-order valence-corrected chi connectivity index (χ1v) is 8.19. The van der Waals surface area contributed by atoms with Crippen molar-refractivity contribution in [2.45, 2.75) is 0 Å². The van der Waals surface area contributed by atoms with Gasteiger partial charge in [-0.3, -0.25) is 9.69 Å². The minimum absolute atomic E-state index is 0.0447. The average molecular weight is 317 g/mol. The van der Waals surface area contributed by atoms with Crippen molar-refractivity contribution in [3.8, 4) is 0 Å². The molecular weight excluding hydrogens is 302 g/mol. The molecule has 0 unspecified atom stereocenters. The van der Waals surface area contributed by atoms with E-state index in [1.165, 1.54) is 16.6 Å². The summed E-state index contributed by atoms with van der Waals surface area (Å²) in [5, 5.41) is 10.7. The van der Waals surface area contributed by atoms with Crippen LogP contribution in [0.2, 0.25) is 0 Å². The van der Waals surface area contributed by atoms with E-state index in [9.17, 15) is 4.79 Å². The Hall–Kier alpha value is -1.92. The fourth-order valence-electron chi connectivity index (χ4n) is 1.55. The van der Waals surface area contributed by atoms with Crippen LogP contribution in [0.4, 0.5) is 0 Å². The smallest absolute Gasteiger partial charge is 0.239 e. The lowest BCUT2D eigenvalue weighted by atomic mass is 10.4. The van der Waals surface area contributed by atoms with Crippen LogP contribution in [0.25, 0.3) is 6.08 Å². The van der Waals surface area contributed by atoms with Crippen LogP contribution < -0.4 is 0 Å². The number of rotatable bonds is 6. The first-order chi connectivity index (χ1) is 10.3. The number of allylic oxidation sites excluding steroid dienone is 3. The van der Waals surface area contributed by atoms with E-state index in [2.05, 4.69) is 22.8 Å². The summed E-state index contributed by atoms with van der Waals surface area (Å²) in [6.45, 7) is 4.10. The number of amides is 1. The third-order valence-corrected chi connectivity index (χ3v) is 4.28. The molecule has 1 aromatic rings. The van der Waals surface area contributed by atoms with Crippen molar-refractivity contribution in [2.75, 3.05) is 12.3 Å². The summed E-state index contributed by atoms with van der Waals surface area (Å²) in [5.74, 6) is 0.463. The molecule has 1 saturated heterocycles. The molecule has 1 fully saturated rings. The lowest BCUT2D eigenvalue weighted by Crippen LogP contribution is -2.29. The van der Waals surface area contributed by atoms with Crippen molar-refractivity contribution in [1.29, 1.82) is 0 Å². The summed E-state index contributed by atoms with van der Waals surface area (Å²) in [6.07, 6.45) is 10.9. The molecule has 0 aliphatic carbocycles. The summed E-state index contributed by atoms with van der Waals surface area (Å²) in [6, 6.07) is 4.07. The molecule has 6 heteroatoms. The van der Waals surface area contributed by atoms with E-state index >= 15 is 0 Å². The predicted molar refractivity (Wildman–Crippen MR) is 92.8 cm³/mol. The SMILES string of the molecule is C=CCN1C(=O)CS\C1=N/N=C\C=C\C=C\c1cccs1. The molecule has 0 bridgehead atoms. The Morgan fingerprint density at radius 1 is 1.38 bits per heavy atom. The maximum atomic E-state index is 11.6. The standard InChI is InChI=1S/C15H15N3OS2/c1-2-10-18-14(19)12-21-15(18)17-16-9-5-3-4-7-13-8-6-11-20-13/h2-9,11H,1,10,12H2/b5-3+,7-4+,16-9-,17-15-. The van der Waals surface area contributed by atoms with Crippen LogP contribution in [0.5, 0.6) is 0 Å². The molecule has 1 aromatic heterocycles. The van der Waals surface area contributed by atoms with Gasteiger partial charge in [0, 0.05) is 17.6 Å². The van der Waals surface area contributed by atoms with Gasteiger partial charge >= 0.3 is 0 Å². The summed E-state index contributed by atoms with van der Waals surface area (Å²) in [7, 11) is 0. The highest BCUT2D eigenvalue weighted by molar-refractivity contribution is 8.15. The maximum absolute atomic E-state index is 11.6. The van der Waals surface area contributed by atoms with E-state index in [1.807, 2.05) is 29.7 Å². The Morgan fingerprint density at radius 2 is 2.29 bits per heavy atom. The fourth-order valence-corrected chi connectivity index (χ4v) is 3.03. The molecule has 0 atom stereocenters. The van der Waals surface area contributed by atoms with Crippen molar-refractivity contribution in [3.63, 3.8) is 0 Å². The molecular formula is C15H15N3OS2. The molecule has 0 saturated carbocycles. The van der Waals surface area contributed by atoms with Crippen LogP contribution in [0.1, 0.15) is 4.88 Å². The zero-order valence-corrected chi connectivity index (χ0v) is 13.0. The Kier molecular flexibility index (Phi) is 6.18. The monoisotopic (exact) mass is 317 g/mol. The van der Waals surface area contributed by atoms with Gasteiger partial charge in [0.25, 0.3) is 0 Å². The molecule has 2 rings (SSSR count). The Bertz CT molecular complexity index is 600. The zero-order valence-electron chi connectivity index (χ0n) is 11.4. The van der Waals surface area contributed by atoms with Gasteiger partial charge < -0.3 is 0 Å². The second-order valence-electron chi connectivity index (χ2n) is 3.99. The quantitative estimate of drug-likeness (QED) is 0.349. The molecule has 0 aromatic carbocycles. The molecule has 2 heterocycles. The van der Waals surface area contributed by atoms with Crippen LogP contribution in [0.3, 0.4) is 0 Å². The Balaban J connectivity index is 1.85. The molecule has 21 heavy (non-hydrogen) atoms. The van der Waals surface area contributed by atoms with Gasteiger partial charge in [-0.1, -0.05) is 36.1 Å². The van der Waals surface area contributed by atoms with Crippen molar-refractivity contribution in [3.05, 3.63) is 53.3 Å². The van der Waals surface area contributed by atoms with Crippen molar-refractivity contribution < 1.29 is 4.79 Å². The number of carbonyl (C=O) groups excluding carboxylic acids is 1. The van der Waals surface area contributed by atoms with E-state index in [-0.39, 0.29) is 5.91 Å². The normalized spacial score (nSPS) is 18.0. The maximum Gasteiger partial charge on any atom is 0.239 e. The highest BCUT2D eigenvalue weighted by atomic mass is 32.2. The van der Waals surface area contributed by atoms with Gasteiger partial charge in [0.1, 0.15) is 0 Å². The second kappa shape index (κ2) is 8.39. The number of amidine groups is 1. The molecule has 108 valence electrons. The average Bonchev–Trinajstić information content (AvgIpc) is 3.11. The molecule has 1 amide bonds. The van der Waals surface area contributed by atoms with E-state index in [0.717, 1.165) is 0 Å². The van der Waals surface area contributed by atoms with Crippen LogP contribution >= 0.6 is 23.1 Å². The highest BCUT2D eigenvalue weighted by Gasteiger charge is 2.26. The van der Waals surface area contributed by atoms with Crippen LogP contribution in [-0.4, -0.2) is 34.5 Å². The number of nitrogens with zero attached hydrogens (tertiary/aromatic N) is 3. The summed E-state index contributed by atoms with van der Waals surface area (Å²) in [5.41, 5.74) is 0. The minimum atomic E-state index is 0.0447. The van der Waals surface area contributed by atoms with Crippen molar-refractivity contribution in [2.24, 2.45) is 10.2 Å². The van der Waals surface area contributed by atoms with Gasteiger partial charge in [0.15, 0.2) is 5.17 Å². The van der Waals surface area contributed by atoms with Crippen LogP contribution in [0, 0.1) is 0 Å². The van der Waals surface area contributed by atoms with Gasteiger partial charge in [-0.2, -0.15) is 5.10 Å². The first-order valence-electron chi connectivity index (χ1n) is 6.33. The molecule has 0 spiro atoms. The number of carbonyl (C=O) groups is 1. The first kappa shape index (κ1) is 15.5. The van der Waals surface area contributed by atoms with E-state index < -0.39 is 0 Å². The Morgan fingerprint density at radius 3 is 3.05 bits per heavy atom. The number of thiophene rings is 1. The zero-order chi connectivity index (χ0) is 14.9. The highest BCUT2D eigenvalue weighted by Crippen LogP contribution is 2.19. The lowest BCUT2D eigenvalue weighted by Gasteiger charge is -2.11. The lowest BCUT2D eigenvalue weighted by molar-refractivity contribution is -0.123. The molecule has 4 nitrogen and oxygen atoms in total. The van der Waals surface area contributed by atoms with Gasteiger partial charge in [-0.05, 0) is 23.6 Å². The molecule has 1 aliphatic heterocycles. The molecule has 1 aliphatic rings. The Labute approximate surface area is 132 Å². The van der Waals surface area contributed by atoms with Gasteiger partial charge in [0.2, 0.25) is 5.91 Å². The summed E-state index contributed by atoms with van der Waals surface area (Å²) in [4.78, 5) is 14.3. The summed E-state index contributed by atoms with van der Waals surface area (Å²) < 4.78 is 0. The van der Waals surface area contributed by atoms with Crippen LogP contribution in [-0.2, 0) is 4.79 Å². The third kappa shape index (κ3) is 4.84. The second-order valence-corrected chi connectivity index (χ2v) is 5.91. The van der Waals surface area contributed by atoms with Crippen LogP contribution in [0.15, 0.2) is 58.6 Å². The number of thioether (sulfide) groups is 1. The van der Waals surface area contributed by atoms with Crippen molar-refractivity contribution in [1.82, 2.24) is 4.90 Å². The molecule has 0 radical (unpaired) electrons. The van der Waals surface area contributed by atoms with Gasteiger partial charge in [-0.15, -0.1) is 23.0 Å². The van der Waals surface area contributed by atoms with Crippen molar-refractivity contribution >= 4 is 46.5 Å². The van der Waals surface area contributed by atoms with Gasteiger partial charge in [-0.25, -0.2) is 0 Å². The molecule has 0 N–H and O–H groups in total. The fraction of sp³-hybridized carbons (Fsp3) is 0.133. The summed E-state index contributed by atoms with van der Waals surface area (Å²) >= 11 is 3.08. The van der Waals surface area contributed by atoms with E-state index in [1.54, 1.807) is 34.6 Å². The number of hydrogen-bond acceptors (Lipinski definition) is 5. The van der Waals surface area contributed by atoms with Gasteiger partial charge in [0.05, 0.1) is 5.75 Å². The topological polar surface area (TPSA) is 45.0 Å².